The van der Waals surface area contributed by atoms with E-state index in [2.05, 4.69) is 9.88 Å². The van der Waals surface area contributed by atoms with Crippen LogP contribution in [-0.4, -0.2) is 29.3 Å². The summed E-state index contributed by atoms with van der Waals surface area (Å²) in [5.74, 6) is 0. The topological polar surface area (TPSA) is 49.5 Å². The van der Waals surface area contributed by atoms with Gasteiger partial charge in [0, 0.05) is 18.5 Å². The molecule has 4 nitrogen and oxygen atoms in total. The maximum absolute atomic E-state index is 10.3. The van der Waals surface area contributed by atoms with Crippen molar-refractivity contribution in [2.45, 2.75) is 38.2 Å². The molecule has 1 saturated heterocycles. The zero-order valence-corrected chi connectivity index (χ0v) is 11.6. The summed E-state index contributed by atoms with van der Waals surface area (Å²) in [6, 6.07) is 8.59. The Hall–Kier alpha value is -1.55. The maximum atomic E-state index is 10.3. The van der Waals surface area contributed by atoms with E-state index in [-0.39, 0.29) is 11.5 Å². The van der Waals surface area contributed by atoms with Gasteiger partial charge in [0.2, 0.25) is 0 Å². The lowest BCUT2D eigenvalue weighted by molar-refractivity contribution is 0.0399. The molecule has 1 saturated carbocycles. The van der Waals surface area contributed by atoms with Gasteiger partial charge in [-0.3, -0.25) is 0 Å². The number of oxazole rings is 1. The number of benzene rings is 1. The van der Waals surface area contributed by atoms with Gasteiger partial charge in [-0.15, -0.1) is 0 Å². The molecule has 1 N–H and O–H groups in total. The predicted octanol–water partition coefficient (Wildman–Crippen LogP) is 2.96. The SMILES string of the molecule is O[C@@H]1CCC[C@@]12CCCN(c1nc3ccccc3o1)C2. The zero-order valence-electron chi connectivity index (χ0n) is 11.6. The molecule has 2 aromatic rings. The second-order valence-electron chi connectivity index (χ2n) is 6.26. The summed E-state index contributed by atoms with van der Waals surface area (Å²) in [6.07, 6.45) is 5.30. The molecule has 106 valence electrons. The Balaban J connectivity index is 1.64. The van der Waals surface area contributed by atoms with Gasteiger partial charge in [-0.2, -0.15) is 4.98 Å². The highest BCUT2D eigenvalue weighted by atomic mass is 16.4. The van der Waals surface area contributed by atoms with E-state index in [0.29, 0.717) is 6.01 Å². The molecular formula is C16H20N2O2. The standard InChI is InChI=1S/C16H20N2O2/c19-14-7-3-8-16(14)9-4-10-18(11-16)15-17-12-5-1-2-6-13(12)20-15/h1-2,5-6,14,19H,3-4,7-11H2/t14-,16+/m1/s1. The number of fused-ring (bicyclic) bond motifs is 1. The summed E-state index contributed by atoms with van der Waals surface area (Å²) < 4.78 is 5.88. The van der Waals surface area contributed by atoms with E-state index in [0.717, 1.165) is 56.3 Å². The molecule has 4 heteroatoms. The van der Waals surface area contributed by atoms with Crippen LogP contribution in [0.4, 0.5) is 6.01 Å². The van der Waals surface area contributed by atoms with E-state index in [9.17, 15) is 5.11 Å². The van der Waals surface area contributed by atoms with Crippen molar-refractivity contribution in [3.8, 4) is 0 Å². The third-order valence-electron chi connectivity index (χ3n) is 5.02. The number of hydrogen-bond donors (Lipinski definition) is 1. The van der Waals surface area contributed by atoms with Gasteiger partial charge >= 0.3 is 0 Å². The zero-order chi connectivity index (χ0) is 13.6. The first-order valence-electron chi connectivity index (χ1n) is 7.55. The van der Waals surface area contributed by atoms with E-state index in [1.165, 1.54) is 0 Å². The summed E-state index contributed by atoms with van der Waals surface area (Å²) in [7, 11) is 0. The van der Waals surface area contributed by atoms with Gasteiger partial charge in [0.15, 0.2) is 5.58 Å². The fourth-order valence-electron chi connectivity index (χ4n) is 3.92. The quantitative estimate of drug-likeness (QED) is 0.867. The van der Waals surface area contributed by atoms with Crippen molar-refractivity contribution in [1.82, 2.24) is 4.98 Å². The van der Waals surface area contributed by atoms with Crippen LogP contribution in [0.25, 0.3) is 11.1 Å². The molecule has 1 aliphatic carbocycles. The van der Waals surface area contributed by atoms with E-state index < -0.39 is 0 Å². The number of aromatic nitrogens is 1. The smallest absolute Gasteiger partial charge is 0.298 e. The number of aliphatic hydroxyl groups is 1. The second kappa shape index (κ2) is 4.48. The van der Waals surface area contributed by atoms with Crippen molar-refractivity contribution in [3.05, 3.63) is 24.3 Å². The van der Waals surface area contributed by atoms with E-state index >= 15 is 0 Å². The third-order valence-corrected chi connectivity index (χ3v) is 5.02. The van der Waals surface area contributed by atoms with Crippen LogP contribution in [-0.2, 0) is 0 Å². The highest BCUT2D eigenvalue weighted by Gasteiger charge is 2.45. The number of nitrogens with zero attached hydrogens (tertiary/aromatic N) is 2. The Labute approximate surface area is 118 Å². The van der Waals surface area contributed by atoms with Crippen LogP contribution < -0.4 is 4.90 Å². The van der Waals surface area contributed by atoms with Crippen LogP contribution >= 0.6 is 0 Å². The van der Waals surface area contributed by atoms with Crippen LogP contribution in [0.2, 0.25) is 0 Å². The van der Waals surface area contributed by atoms with Crippen LogP contribution in [0.3, 0.4) is 0 Å². The average Bonchev–Trinajstić information content (AvgIpc) is 3.04. The third kappa shape index (κ3) is 1.82. The minimum atomic E-state index is -0.158. The summed E-state index contributed by atoms with van der Waals surface area (Å²) in [6.45, 7) is 1.85. The van der Waals surface area contributed by atoms with Gasteiger partial charge in [0.05, 0.1) is 6.10 Å². The lowest BCUT2D eigenvalue weighted by Gasteiger charge is -2.41. The van der Waals surface area contributed by atoms with Gasteiger partial charge in [-0.05, 0) is 37.8 Å². The monoisotopic (exact) mass is 272 g/mol. The largest absolute Gasteiger partial charge is 0.423 e. The van der Waals surface area contributed by atoms with Crippen LogP contribution in [0.5, 0.6) is 0 Å². The number of anilines is 1. The van der Waals surface area contributed by atoms with Crippen molar-refractivity contribution in [2.75, 3.05) is 18.0 Å². The fraction of sp³-hybridized carbons (Fsp3) is 0.562. The Morgan fingerprint density at radius 3 is 2.90 bits per heavy atom. The number of para-hydroxylation sites is 2. The Morgan fingerprint density at radius 1 is 1.25 bits per heavy atom. The van der Waals surface area contributed by atoms with Crippen LogP contribution in [0.1, 0.15) is 32.1 Å². The van der Waals surface area contributed by atoms with Gasteiger partial charge in [0.1, 0.15) is 5.52 Å². The Bertz CT molecular complexity index is 591. The first-order chi connectivity index (χ1) is 9.77. The molecule has 0 bridgehead atoms. The molecule has 2 heterocycles. The van der Waals surface area contributed by atoms with Gasteiger partial charge in [0.25, 0.3) is 6.01 Å². The van der Waals surface area contributed by atoms with Crippen molar-refractivity contribution >= 4 is 17.1 Å². The average molecular weight is 272 g/mol. The van der Waals surface area contributed by atoms with E-state index in [4.69, 9.17) is 4.42 Å². The maximum Gasteiger partial charge on any atom is 0.298 e. The molecule has 0 unspecified atom stereocenters. The van der Waals surface area contributed by atoms with E-state index in [1.807, 2.05) is 24.3 Å². The molecule has 4 rings (SSSR count). The predicted molar refractivity (Wildman–Crippen MR) is 77.7 cm³/mol. The lowest BCUT2D eigenvalue weighted by Crippen LogP contribution is -2.47. The molecule has 1 aromatic carbocycles. The van der Waals surface area contributed by atoms with Crippen LogP contribution in [0.15, 0.2) is 28.7 Å². The van der Waals surface area contributed by atoms with Gasteiger partial charge in [-0.25, -0.2) is 0 Å². The molecule has 2 aliphatic rings. The normalized spacial score (nSPS) is 30.4. The highest BCUT2D eigenvalue weighted by molar-refractivity contribution is 5.74. The molecule has 0 radical (unpaired) electrons. The number of piperidine rings is 1. The second-order valence-corrected chi connectivity index (χ2v) is 6.26. The first-order valence-corrected chi connectivity index (χ1v) is 7.55. The molecule has 20 heavy (non-hydrogen) atoms. The Kier molecular flexibility index (Phi) is 2.74. The highest BCUT2D eigenvalue weighted by Crippen LogP contribution is 2.45. The molecule has 2 fully saturated rings. The van der Waals surface area contributed by atoms with Crippen molar-refractivity contribution < 1.29 is 9.52 Å². The molecule has 2 atom stereocenters. The van der Waals surface area contributed by atoms with Crippen molar-refractivity contribution in [1.29, 1.82) is 0 Å². The number of hydrogen-bond acceptors (Lipinski definition) is 4. The van der Waals surface area contributed by atoms with Gasteiger partial charge < -0.3 is 14.4 Å². The summed E-state index contributed by atoms with van der Waals surface area (Å²) >= 11 is 0. The summed E-state index contributed by atoms with van der Waals surface area (Å²) in [5, 5.41) is 10.3. The molecule has 0 amide bonds. The fourth-order valence-corrected chi connectivity index (χ4v) is 3.92. The first kappa shape index (κ1) is 12.2. The number of aliphatic hydroxyl groups excluding tert-OH is 1. The molecule has 1 aliphatic heterocycles. The minimum absolute atomic E-state index is 0.0684. The van der Waals surface area contributed by atoms with Crippen LogP contribution in [0, 0.1) is 5.41 Å². The minimum Gasteiger partial charge on any atom is -0.423 e. The Morgan fingerprint density at radius 2 is 2.10 bits per heavy atom. The van der Waals surface area contributed by atoms with Gasteiger partial charge in [-0.1, -0.05) is 18.6 Å². The van der Waals surface area contributed by atoms with E-state index in [1.54, 1.807) is 0 Å². The summed E-state index contributed by atoms with van der Waals surface area (Å²) in [4.78, 5) is 6.81. The van der Waals surface area contributed by atoms with Crippen molar-refractivity contribution in [2.24, 2.45) is 5.41 Å². The lowest BCUT2D eigenvalue weighted by atomic mass is 9.77. The van der Waals surface area contributed by atoms with Crippen molar-refractivity contribution in [3.63, 3.8) is 0 Å². The number of rotatable bonds is 1. The molecule has 1 spiro atoms. The summed E-state index contributed by atoms with van der Waals surface area (Å²) in [5.41, 5.74) is 1.82. The molecular weight excluding hydrogens is 252 g/mol. The molecule has 1 aromatic heterocycles.